The van der Waals surface area contributed by atoms with E-state index in [1.54, 1.807) is 0 Å². The highest BCUT2D eigenvalue weighted by molar-refractivity contribution is 5.95. The Balaban J connectivity index is 2.11. The van der Waals surface area contributed by atoms with Crippen molar-refractivity contribution in [1.82, 2.24) is 10.2 Å². The third-order valence-electron chi connectivity index (χ3n) is 4.93. The lowest BCUT2D eigenvalue weighted by atomic mass is 9.77. The topological polar surface area (TPSA) is 49.4 Å². The van der Waals surface area contributed by atoms with Crippen LogP contribution in [0.1, 0.15) is 59.8 Å². The highest BCUT2D eigenvalue weighted by Crippen LogP contribution is 2.44. The summed E-state index contributed by atoms with van der Waals surface area (Å²) in [5, 5.41) is 2.84. The molecule has 1 saturated heterocycles. The molecule has 1 aliphatic heterocycles. The third kappa shape index (κ3) is 3.78. The molecule has 1 aliphatic carbocycles. The van der Waals surface area contributed by atoms with Crippen molar-refractivity contribution in [3.8, 4) is 0 Å². The van der Waals surface area contributed by atoms with E-state index < -0.39 is 0 Å². The van der Waals surface area contributed by atoms with E-state index in [-0.39, 0.29) is 35.7 Å². The molecule has 0 bridgehead atoms. The van der Waals surface area contributed by atoms with Gasteiger partial charge in [-0.25, -0.2) is 0 Å². The monoisotopic (exact) mass is 294 g/mol. The van der Waals surface area contributed by atoms with Gasteiger partial charge in [0.25, 0.3) is 0 Å². The first kappa shape index (κ1) is 16.3. The van der Waals surface area contributed by atoms with Gasteiger partial charge in [-0.1, -0.05) is 40.5 Å². The minimum Gasteiger partial charge on any atom is -0.343 e. The molecule has 2 aliphatic rings. The number of carbonyl (C=O) groups excluding carboxylic acids is 2. The van der Waals surface area contributed by atoms with Gasteiger partial charge in [0.1, 0.15) is 6.04 Å². The summed E-state index contributed by atoms with van der Waals surface area (Å²) < 4.78 is 0. The van der Waals surface area contributed by atoms with Gasteiger partial charge in [-0.05, 0) is 36.5 Å². The second-order valence-electron chi connectivity index (χ2n) is 7.79. The molecular weight excluding hydrogens is 264 g/mol. The lowest BCUT2D eigenvalue weighted by molar-refractivity contribution is -0.147. The minimum atomic E-state index is -0.344. The molecule has 2 fully saturated rings. The van der Waals surface area contributed by atoms with Crippen molar-refractivity contribution >= 4 is 11.8 Å². The van der Waals surface area contributed by atoms with E-state index in [2.05, 4.69) is 19.2 Å². The Morgan fingerprint density at radius 2 is 1.81 bits per heavy atom. The van der Waals surface area contributed by atoms with E-state index in [9.17, 15) is 9.59 Å². The Bertz CT molecular complexity index is 398. The Kier molecular flexibility index (Phi) is 4.95. The van der Waals surface area contributed by atoms with Gasteiger partial charge in [-0.2, -0.15) is 0 Å². The van der Waals surface area contributed by atoms with E-state index in [0.717, 1.165) is 13.0 Å². The van der Waals surface area contributed by atoms with E-state index in [1.807, 2.05) is 18.7 Å². The van der Waals surface area contributed by atoms with Crippen molar-refractivity contribution in [1.29, 1.82) is 0 Å². The van der Waals surface area contributed by atoms with E-state index in [1.165, 1.54) is 25.7 Å². The van der Waals surface area contributed by atoms with Crippen LogP contribution in [-0.4, -0.2) is 35.8 Å². The summed E-state index contributed by atoms with van der Waals surface area (Å²) in [7, 11) is 0. The van der Waals surface area contributed by atoms with Gasteiger partial charge in [0, 0.05) is 6.54 Å². The van der Waals surface area contributed by atoms with Gasteiger partial charge in [0.15, 0.2) is 0 Å². The van der Waals surface area contributed by atoms with Crippen molar-refractivity contribution in [3.05, 3.63) is 0 Å². The van der Waals surface area contributed by atoms with Crippen molar-refractivity contribution in [3.63, 3.8) is 0 Å². The van der Waals surface area contributed by atoms with Crippen molar-refractivity contribution in [2.24, 2.45) is 17.3 Å². The Morgan fingerprint density at radius 1 is 1.19 bits per heavy atom. The zero-order valence-electron chi connectivity index (χ0n) is 13.9. The van der Waals surface area contributed by atoms with Crippen LogP contribution in [0, 0.1) is 17.3 Å². The maximum Gasteiger partial charge on any atom is 0.245 e. The summed E-state index contributed by atoms with van der Waals surface area (Å²) in [6.07, 6.45) is 6.07. The molecule has 1 N–H and O–H groups in total. The van der Waals surface area contributed by atoms with Gasteiger partial charge in [-0.3, -0.25) is 9.59 Å². The smallest absolute Gasteiger partial charge is 0.245 e. The number of hydrogen-bond acceptors (Lipinski definition) is 2. The van der Waals surface area contributed by atoms with E-state index >= 15 is 0 Å². The molecule has 1 saturated carbocycles. The molecule has 4 heteroatoms. The SMILES string of the molecule is CC(C)CC1(CN2CC(=O)NC(C(C)C)C2=O)CCCC1. The molecule has 1 unspecified atom stereocenters. The highest BCUT2D eigenvalue weighted by atomic mass is 16.2. The van der Waals surface area contributed by atoms with Crippen LogP contribution in [0.3, 0.4) is 0 Å². The predicted octanol–water partition coefficient (Wildman–Crippen LogP) is 2.58. The lowest BCUT2D eigenvalue weighted by Gasteiger charge is -2.41. The first-order valence-electron chi connectivity index (χ1n) is 8.41. The first-order valence-corrected chi connectivity index (χ1v) is 8.41. The molecule has 0 aromatic rings. The normalized spacial score (nSPS) is 25.8. The van der Waals surface area contributed by atoms with Gasteiger partial charge >= 0.3 is 0 Å². The Hall–Kier alpha value is -1.06. The summed E-state index contributed by atoms with van der Waals surface area (Å²) >= 11 is 0. The maximum atomic E-state index is 12.6. The molecular formula is C17H30N2O2. The number of nitrogens with one attached hydrogen (secondary N) is 1. The zero-order valence-corrected chi connectivity index (χ0v) is 13.9. The van der Waals surface area contributed by atoms with Crippen LogP contribution in [0.25, 0.3) is 0 Å². The fraction of sp³-hybridized carbons (Fsp3) is 0.882. The van der Waals surface area contributed by atoms with Crippen molar-refractivity contribution < 1.29 is 9.59 Å². The van der Waals surface area contributed by atoms with Crippen LogP contribution in [0.4, 0.5) is 0 Å². The van der Waals surface area contributed by atoms with E-state index in [0.29, 0.717) is 5.92 Å². The number of nitrogens with zero attached hydrogens (tertiary/aromatic N) is 1. The van der Waals surface area contributed by atoms with Gasteiger partial charge in [0.05, 0.1) is 6.54 Å². The number of hydrogen-bond donors (Lipinski definition) is 1. The zero-order chi connectivity index (χ0) is 15.6. The third-order valence-corrected chi connectivity index (χ3v) is 4.93. The van der Waals surface area contributed by atoms with Crippen LogP contribution < -0.4 is 5.32 Å². The largest absolute Gasteiger partial charge is 0.343 e. The van der Waals surface area contributed by atoms with Crippen molar-refractivity contribution in [2.75, 3.05) is 13.1 Å². The first-order chi connectivity index (χ1) is 9.83. The van der Waals surface area contributed by atoms with Crippen LogP contribution in [0.15, 0.2) is 0 Å². The van der Waals surface area contributed by atoms with Gasteiger partial charge in [0.2, 0.25) is 11.8 Å². The van der Waals surface area contributed by atoms with Crippen LogP contribution >= 0.6 is 0 Å². The summed E-state index contributed by atoms with van der Waals surface area (Å²) in [6.45, 7) is 9.49. The summed E-state index contributed by atoms with van der Waals surface area (Å²) in [5.41, 5.74) is 0.239. The van der Waals surface area contributed by atoms with E-state index in [4.69, 9.17) is 0 Å². The van der Waals surface area contributed by atoms with Gasteiger partial charge in [-0.15, -0.1) is 0 Å². The number of amides is 2. The van der Waals surface area contributed by atoms with Crippen LogP contribution in [0.5, 0.6) is 0 Å². The summed E-state index contributed by atoms with van der Waals surface area (Å²) in [5.74, 6) is 0.886. The second-order valence-corrected chi connectivity index (χ2v) is 7.79. The Morgan fingerprint density at radius 3 is 2.33 bits per heavy atom. The predicted molar refractivity (Wildman–Crippen MR) is 83.7 cm³/mol. The fourth-order valence-corrected chi connectivity index (χ4v) is 4.14. The molecule has 0 aromatic heterocycles. The highest BCUT2D eigenvalue weighted by Gasteiger charge is 2.41. The van der Waals surface area contributed by atoms with Gasteiger partial charge < -0.3 is 10.2 Å². The summed E-state index contributed by atoms with van der Waals surface area (Å²) in [4.78, 5) is 26.4. The van der Waals surface area contributed by atoms with Crippen molar-refractivity contribution in [2.45, 2.75) is 65.8 Å². The molecule has 0 spiro atoms. The van der Waals surface area contributed by atoms with Crippen LogP contribution in [0.2, 0.25) is 0 Å². The second kappa shape index (κ2) is 6.37. The molecule has 0 aromatic carbocycles. The molecule has 120 valence electrons. The molecule has 4 nitrogen and oxygen atoms in total. The molecule has 1 heterocycles. The lowest BCUT2D eigenvalue weighted by Crippen LogP contribution is -2.61. The molecule has 1 atom stereocenters. The molecule has 2 rings (SSSR count). The number of carbonyl (C=O) groups is 2. The quantitative estimate of drug-likeness (QED) is 0.847. The number of piperazine rings is 1. The summed E-state index contributed by atoms with van der Waals surface area (Å²) in [6, 6.07) is -0.344. The minimum absolute atomic E-state index is 0.00834. The Labute approximate surface area is 128 Å². The van der Waals surface area contributed by atoms with Crippen LogP contribution in [-0.2, 0) is 9.59 Å². The molecule has 0 radical (unpaired) electrons. The standard InChI is InChI=1S/C17H30N2O2/c1-12(2)9-17(7-5-6-8-17)11-19-10-14(20)18-15(13(3)4)16(19)21/h12-13,15H,5-11H2,1-4H3,(H,18,20). The fourth-order valence-electron chi connectivity index (χ4n) is 4.14. The number of rotatable bonds is 5. The average Bonchev–Trinajstić information content (AvgIpc) is 2.80. The molecule has 2 amide bonds. The average molecular weight is 294 g/mol. The maximum absolute atomic E-state index is 12.6. The molecule has 21 heavy (non-hydrogen) atoms.